The van der Waals surface area contributed by atoms with E-state index >= 15 is 0 Å². The first-order chi connectivity index (χ1) is 9.06. The number of hydrogen-bond acceptors (Lipinski definition) is 4. The Labute approximate surface area is 113 Å². The summed E-state index contributed by atoms with van der Waals surface area (Å²) in [5.41, 5.74) is 2.42. The number of carbonyl (C=O) groups excluding carboxylic acids is 2. The van der Waals surface area contributed by atoms with Gasteiger partial charge in [0.25, 0.3) is 0 Å². The Kier molecular flexibility index (Phi) is 6.58. The number of piperidine rings is 1. The van der Waals surface area contributed by atoms with Crippen molar-refractivity contribution in [3.8, 4) is 0 Å². The summed E-state index contributed by atoms with van der Waals surface area (Å²) in [6, 6.07) is -0.00444. The van der Waals surface area contributed by atoms with Gasteiger partial charge in [0, 0.05) is 40.2 Å². The molecule has 0 spiro atoms. The van der Waals surface area contributed by atoms with Crippen LogP contribution in [0.25, 0.3) is 0 Å². The van der Waals surface area contributed by atoms with Crippen LogP contribution in [0.1, 0.15) is 12.8 Å². The molecule has 1 rings (SSSR count). The van der Waals surface area contributed by atoms with Crippen molar-refractivity contribution in [3.05, 3.63) is 0 Å². The van der Waals surface area contributed by atoms with E-state index in [9.17, 15) is 9.59 Å². The number of rotatable bonds is 5. The van der Waals surface area contributed by atoms with Crippen LogP contribution in [0.4, 0.5) is 4.79 Å². The van der Waals surface area contributed by atoms with Gasteiger partial charge in [-0.15, -0.1) is 0 Å². The van der Waals surface area contributed by atoms with E-state index in [1.807, 2.05) is 0 Å². The van der Waals surface area contributed by atoms with Gasteiger partial charge in [-0.05, 0) is 12.8 Å². The minimum atomic E-state index is -0.118. The Bertz CT molecular complexity index is 301. The first-order valence-electron chi connectivity index (χ1n) is 6.43. The van der Waals surface area contributed by atoms with E-state index < -0.39 is 0 Å². The van der Waals surface area contributed by atoms with E-state index in [0.717, 1.165) is 0 Å². The van der Waals surface area contributed by atoms with Crippen molar-refractivity contribution < 1.29 is 19.2 Å². The maximum Gasteiger partial charge on any atom is 0.319 e. The molecule has 0 saturated carbocycles. The highest BCUT2D eigenvalue weighted by molar-refractivity contribution is 5.78. The van der Waals surface area contributed by atoms with Crippen LogP contribution in [0.15, 0.2) is 0 Å². The van der Waals surface area contributed by atoms with E-state index in [4.69, 9.17) is 9.57 Å². The number of likely N-dealkylation sites (tertiary alicyclic amines) is 1. The Hall–Kier alpha value is -1.34. The SMILES string of the molecule is COCCONC(=O)C1CCN(C(=O)N(C)C)CC1. The monoisotopic (exact) mass is 273 g/mol. The van der Waals surface area contributed by atoms with Gasteiger partial charge in [-0.1, -0.05) is 0 Å². The fourth-order valence-electron chi connectivity index (χ4n) is 1.95. The average molecular weight is 273 g/mol. The number of ether oxygens (including phenoxy) is 1. The molecule has 1 heterocycles. The fourth-order valence-corrected chi connectivity index (χ4v) is 1.95. The highest BCUT2D eigenvalue weighted by atomic mass is 16.7. The summed E-state index contributed by atoms with van der Waals surface area (Å²) in [5.74, 6) is -0.207. The summed E-state index contributed by atoms with van der Waals surface area (Å²) in [7, 11) is 5.03. The third kappa shape index (κ3) is 5.04. The van der Waals surface area contributed by atoms with Gasteiger partial charge >= 0.3 is 6.03 Å². The molecule has 0 unspecified atom stereocenters. The Morgan fingerprint density at radius 1 is 1.26 bits per heavy atom. The molecule has 19 heavy (non-hydrogen) atoms. The number of amides is 3. The lowest BCUT2D eigenvalue weighted by Crippen LogP contribution is -2.46. The molecule has 7 heteroatoms. The summed E-state index contributed by atoms with van der Waals surface area (Å²) in [6.07, 6.45) is 1.33. The molecule has 1 saturated heterocycles. The lowest BCUT2D eigenvalue weighted by atomic mass is 9.96. The standard InChI is InChI=1S/C12H23N3O4/c1-14(2)12(17)15-6-4-10(5-7-15)11(16)13-19-9-8-18-3/h10H,4-9H2,1-3H3,(H,13,16). The second kappa shape index (κ2) is 7.96. The lowest BCUT2D eigenvalue weighted by molar-refractivity contribution is -0.140. The zero-order chi connectivity index (χ0) is 14.3. The van der Waals surface area contributed by atoms with Gasteiger partial charge in [0.2, 0.25) is 5.91 Å². The number of methoxy groups -OCH3 is 1. The normalized spacial score (nSPS) is 16.3. The first kappa shape index (κ1) is 15.7. The van der Waals surface area contributed by atoms with Crippen molar-refractivity contribution in [1.29, 1.82) is 0 Å². The number of hydrogen-bond donors (Lipinski definition) is 1. The topological polar surface area (TPSA) is 71.1 Å². The van der Waals surface area contributed by atoms with Gasteiger partial charge in [-0.3, -0.25) is 9.63 Å². The van der Waals surface area contributed by atoms with E-state index in [-0.39, 0.29) is 17.9 Å². The van der Waals surface area contributed by atoms with Crippen LogP contribution in [-0.4, -0.2) is 69.2 Å². The van der Waals surface area contributed by atoms with Crippen molar-refractivity contribution in [1.82, 2.24) is 15.3 Å². The Morgan fingerprint density at radius 3 is 2.42 bits per heavy atom. The van der Waals surface area contributed by atoms with E-state index in [2.05, 4.69) is 5.48 Å². The third-order valence-corrected chi connectivity index (χ3v) is 3.08. The van der Waals surface area contributed by atoms with Crippen molar-refractivity contribution >= 4 is 11.9 Å². The molecule has 1 aliphatic rings. The second-order valence-electron chi connectivity index (χ2n) is 4.75. The van der Waals surface area contributed by atoms with Crippen LogP contribution >= 0.6 is 0 Å². The van der Waals surface area contributed by atoms with Gasteiger partial charge < -0.3 is 14.5 Å². The molecule has 0 aliphatic carbocycles. The Morgan fingerprint density at radius 2 is 1.89 bits per heavy atom. The zero-order valence-electron chi connectivity index (χ0n) is 11.8. The van der Waals surface area contributed by atoms with Crippen molar-refractivity contribution in [2.45, 2.75) is 12.8 Å². The highest BCUT2D eigenvalue weighted by Crippen LogP contribution is 2.18. The van der Waals surface area contributed by atoms with Crippen molar-refractivity contribution in [3.63, 3.8) is 0 Å². The molecule has 0 aromatic rings. The van der Waals surface area contributed by atoms with Gasteiger partial charge in [0.05, 0.1) is 13.2 Å². The molecule has 0 aromatic carbocycles. The molecule has 1 N–H and O–H groups in total. The van der Waals surface area contributed by atoms with Gasteiger partial charge in [0.1, 0.15) is 0 Å². The summed E-state index contributed by atoms with van der Waals surface area (Å²) < 4.78 is 4.81. The van der Waals surface area contributed by atoms with Crippen LogP contribution in [-0.2, 0) is 14.4 Å². The summed E-state index contributed by atoms with van der Waals surface area (Å²) in [5, 5.41) is 0. The van der Waals surface area contributed by atoms with Gasteiger partial charge in [-0.25, -0.2) is 10.3 Å². The van der Waals surface area contributed by atoms with E-state index in [0.29, 0.717) is 39.1 Å². The minimum Gasteiger partial charge on any atom is -0.382 e. The summed E-state index contributed by atoms with van der Waals surface area (Å²) in [6.45, 7) is 1.98. The molecule has 110 valence electrons. The molecule has 7 nitrogen and oxygen atoms in total. The summed E-state index contributed by atoms with van der Waals surface area (Å²) >= 11 is 0. The lowest BCUT2D eigenvalue weighted by Gasteiger charge is -2.32. The average Bonchev–Trinajstić information content (AvgIpc) is 2.42. The molecular weight excluding hydrogens is 250 g/mol. The van der Waals surface area contributed by atoms with Crippen molar-refractivity contribution in [2.75, 3.05) is 47.5 Å². The van der Waals surface area contributed by atoms with E-state index in [1.165, 1.54) is 0 Å². The Balaban J connectivity index is 2.25. The van der Waals surface area contributed by atoms with Crippen LogP contribution in [0.5, 0.6) is 0 Å². The van der Waals surface area contributed by atoms with Gasteiger partial charge in [-0.2, -0.15) is 0 Å². The number of nitrogens with one attached hydrogen (secondary N) is 1. The second-order valence-corrected chi connectivity index (χ2v) is 4.75. The minimum absolute atomic E-state index is 0.00444. The largest absolute Gasteiger partial charge is 0.382 e. The molecule has 1 fully saturated rings. The number of nitrogens with zero attached hydrogens (tertiary/aromatic N) is 2. The van der Waals surface area contributed by atoms with Gasteiger partial charge in [0.15, 0.2) is 0 Å². The maximum atomic E-state index is 11.8. The molecule has 0 radical (unpaired) electrons. The first-order valence-corrected chi connectivity index (χ1v) is 6.43. The van der Waals surface area contributed by atoms with Crippen LogP contribution in [0.3, 0.4) is 0 Å². The number of urea groups is 1. The third-order valence-electron chi connectivity index (χ3n) is 3.08. The highest BCUT2D eigenvalue weighted by Gasteiger charge is 2.27. The molecule has 0 aromatic heterocycles. The fraction of sp³-hybridized carbons (Fsp3) is 0.833. The molecule has 1 aliphatic heterocycles. The predicted octanol–water partition coefficient (Wildman–Crippen LogP) is 0.0742. The number of hydroxylamine groups is 1. The van der Waals surface area contributed by atoms with Crippen LogP contribution in [0, 0.1) is 5.92 Å². The molecule has 0 bridgehead atoms. The zero-order valence-corrected chi connectivity index (χ0v) is 11.8. The smallest absolute Gasteiger partial charge is 0.319 e. The van der Waals surface area contributed by atoms with E-state index in [1.54, 1.807) is 31.0 Å². The van der Waals surface area contributed by atoms with Crippen LogP contribution < -0.4 is 5.48 Å². The van der Waals surface area contributed by atoms with Crippen LogP contribution in [0.2, 0.25) is 0 Å². The maximum absolute atomic E-state index is 11.8. The molecule has 3 amide bonds. The predicted molar refractivity (Wildman–Crippen MR) is 69.4 cm³/mol. The molecule has 0 atom stereocenters. The molecular formula is C12H23N3O4. The van der Waals surface area contributed by atoms with Crippen molar-refractivity contribution in [2.24, 2.45) is 5.92 Å². The number of carbonyl (C=O) groups is 2. The quantitative estimate of drug-likeness (QED) is 0.568. The summed E-state index contributed by atoms with van der Waals surface area (Å²) in [4.78, 5) is 31.8.